The maximum absolute atomic E-state index is 13.0. The molecule has 8 heteroatoms. The molecular weight excluding hydrogens is 415 g/mol. The Morgan fingerprint density at radius 2 is 2.00 bits per heavy atom. The molecular formula is C20H22Cl2N4OS. The average Bonchev–Trinajstić information content (AvgIpc) is 3.30. The molecule has 0 aliphatic carbocycles. The third-order valence-electron chi connectivity index (χ3n) is 5.22. The van der Waals surface area contributed by atoms with Crippen LogP contribution in [0.5, 0.6) is 0 Å². The Morgan fingerprint density at radius 3 is 2.68 bits per heavy atom. The molecule has 2 aliphatic rings. The van der Waals surface area contributed by atoms with Crippen LogP contribution in [-0.4, -0.2) is 29.7 Å². The predicted octanol–water partition coefficient (Wildman–Crippen LogP) is 5.13. The van der Waals surface area contributed by atoms with Crippen molar-refractivity contribution in [2.45, 2.75) is 32.2 Å². The second-order valence-corrected chi connectivity index (χ2v) is 8.99. The molecule has 1 aromatic carbocycles. The number of hydrazone groups is 1. The highest BCUT2D eigenvalue weighted by Gasteiger charge is 2.40. The summed E-state index contributed by atoms with van der Waals surface area (Å²) in [6.45, 7) is 3.81. The first-order valence-electron chi connectivity index (χ1n) is 9.46. The predicted molar refractivity (Wildman–Crippen MR) is 116 cm³/mol. The lowest BCUT2D eigenvalue weighted by Crippen LogP contribution is -2.48. The number of piperidine rings is 1. The molecule has 0 saturated carbocycles. The van der Waals surface area contributed by atoms with E-state index in [1.54, 1.807) is 23.5 Å². The minimum absolute atomic E-state index is 0.0739. The van der Waals surface area contributed by atoms with Crippen LogP contribution in [0, 0.1) is 5.92 Å². The number of halogens is 2. The first kappa shape index (κ1) is 19.7. The Morgan fingerprint density at radius 1 is 1.21 bits per heavy atom. The zero-order valence-electron chi connectivity index (χ0n) is 15.6. The summed E-state index contributed by atoms with van der Waals surface area (Å²) in [5.74, 6) is -0.210. The highest BCUT2D eigenvalue weighted by molar-refractivity contribution is 7.10. The third kappa shape index (κ3) is 3.92. The van der Waals surface area contributed by atoms with E-state index in [1.807, 2.05) is 34.5 Å². The van der Waals surface area contributed by atoms with Crippen molar-refractivity contribution in [1.82, 2.24) is 10.4 Å². The molecule has 3 heterocycles. The van der Waals surface area contributed by atoms with Crippen LogP contribution in [0.15, 0.2) is 40.8 Å². The van der Waals surface area contributed by atoms with E-state index >= 15 is 0 Å². The van der Waals surface area contributed by atoms with Crippen molar-refractivity contribution in [3.63, 3.8) is 0 Å². The number of thiophene rings is 1. The van der Waals surface area contributed by atoms with Gasteiger partial charge >= 0.3 is 0 Å². The summed E-state index contributed by atoms with van der Waals surface area (Å²) in [4.78, 5) is 14.1. The molecule has 4 rings (SSSR count). The summed E-state index contributed by atoms with van der Waals surface area (Å²) >= 11 is 14.2. The van der Waals surface area contributed by atoms with Crippen LogP contribution in [0.3, 0.4) is 0 Å². The SMILES string of the molecule is C[C@@H]1C(C(=O)NN2CCCCC2)=NN(c2ccc(Cl)cc2Cl)[C@H]1c1cccs1. The van der Waals surface area contributed by atoms with Crippen LogP contribution in [0.4, 0.5) is 5.69 Å². The highest BCUT2D eigenvalue weighted by Crippen LogP contribution is 2.43. The quantitative estimate of drug-likeness (QED) is 0.722. The lowest BCUT2D eigenvalue weighted by molar-refractivity contribution is -0.120. The van der Waals surface area contributed by atoms with Crippen molar-refractivity contribution in [3.8, 4) is 0 Å². The molecule has 2 aromatic rings. The van der Waals surface area contributed by atoms with Gasteiger partial charge in [0.1, 0.15) is 5.71 Å². The maximum Gasteiger partial charge on any atom is 0.282 e. The fourth-order valence-electron chi connectivity index (χ4n) is 3.79. The van der Waals surface area contributed by atoms with Crippen LogP contribution in [-0.2, 0) is 4.79 Å². The molecule has 0 spiro atoms. The van der Waals surface area contributed by atoms with Gasteiger partial charge in [-0.2, -0.15) is 5.10 Å². The van der Waals surface area contributed by atoms with Gasteiger partial charge in [-0.05, 0) is 42.5 Å². The molecule has 1 amide bonds. The van der Waals surface area contributed by atoms with Crippen molar-refractivity contribution < 1.29 is 4.79 Å². The van der Waals surface area contributed by atoms with Crippen molar-refractivity contribution in [2.24, 2.45) is 11.0 Å². The fourth-order valence-corrected chi connectivity index (χ4v) is 5.20. The number of carbonyl (C=O) groups excluding carboxylic acids is 1. The molecule has 0 radical (unpaired) electrons. The van der Waals surface area contributed by atoms with E-state index < -0.39 is 0 Å². The molecule has 5 nitrogen and oxygen atoms in total. The van der Waals surface area contributed by atoms with Gasteiger partial charge < -0.3 is 0 Å². The van der Waals surface area contributed by atoms with Crippen LogP contribution >= 0.6 is 34.5 Å². The van der Waals surface area contributed by atoms with Gasteiger partial charge in [-0.15, -0.1) is 11.3 Å². The zero-order valence-corrected chi connectivity index (χ0v) is 17.9. The van der Waals surface area contributed by atoms with E-state index in [1.165, 1.54) is 6.42 Å². The van der Waals surface area contributed by atoms with Gasteiger partial charge in [0.2, 0.25) is 0 Å². The summed E-state index contributed by atoms with van der Waals surface area (Å²) in [7, 11) is 0. The Kier molecular flexibility index (Phi) is 5.92. The first-order valence-corrected chi connectivity index (χ1v) is 11.1. The number of hydrazine groups is 1. The molecule has 2 aliphatic heterocycles. The largest absolute Gasteiger partial charge is 0.284 e. The third-order valence-corrected chi connectivity index (χ3v) is 6.70. The van der Waals surface area contributed by atoms with Crippen LogP contribution in [0.25, 0.3) is 0 Å². The van der Waals surface area contributed by atoms with E-state index in [-0.39, 0.29) is 17.9 Å². The van der Waals surface area contributed by atoms with E-state index in [4.69, 9.17) is 28.3 Å². The second kappa shape index (κ2) is 8.41. The lowest BCUT2D eigenvalue weighted by atomic mass is 9.95. The number of rotatable bonds is 4. The molecule has 28 heavy (non-hydrogen) atoms. The summed E-state index contributed by atoms with van der Waals surface area (Å²) in [5.41, 5.74) is 4.31. The fraction of sp³-hybridized carbons (Fsp3) is 0.400. The molecule has 2 atom stereocenters. The van der Waals surface area contributed by atoms with Gasteiger partial charge in [-0.25, -0.2) is 5.01 Å². The number of nitrogens with one attached hydrogen (secondary N) is 1. The topological polar surface area (TPSA) is 47.9 Å². The molecule has 1 saturated heterocycles. The van der Waals surface area contributed by atoms with Crippen LogP contribution in [0.1, 0.15) is 37.1 Å². The monoisotopic (exact) mass is 436 g/mol. The number of hydrogen-bond acceptors (Lipinski definition) is 5. The summed E-state index contributed by atoms with van der Waals surface area (Å²) in [5, 5.41) is 11.7. The van der Waals surface area contributed by atoms with Gasteiger partial charge in [0.05, 0.1) is 16.8 Å². The molecule has 0 unspecified atom stereocenters. The Hall–Kier alpha value is -1.60. The van der Waals surface area contributed by atoms with Gasteiger partial charge in [-0.1, -0.05) is 42.6 Å². The summed E-state index contributed by atoms with van der Waals surface area (Å²) in [6.07, 6.45) is 3.42. The summed E-state index contributed by atoms with van der Waals surface area (Å²) < 4.78 is 0. The minimum atomic E-state index is -0.136. The normalized spacial score (nSPS) is 23.0. The molecule has 1 aromatic heterocycles. The van der Waals surface area contributed by atoms with Crippen molar-refractivity contribution in [1.29, 1.82) is 0 Å². The number of anilines is 1. The molecule has 1 N–H and O–H groups in total. The Labute approximate surface area is 178 Å². The van der Waals surface area contributed by atoms with E-state index in [2.05, 4.69) is 11.5 Å². The van der Waals surface area contributed by atoms with Crippen LogP contribution < -0.4 is 10.4 Å². The van der Waals surface area contributed by atoms with E-state index in [9.17, 15) is 4.79 Å². The van der Waals surface area contributed by atoms with Gasteiger partial charge in [0.15, 0.2) is 0 Å². The summed E-state index contributed by atoms with van der Waals surface area (Å²) in [6, 6.07) is 9.35. The number of amides is 1. The number of carbonyl (C=O) groups is 1. The Bertz CT molecular complexity index is 880. The van der Waals surface area contributed by atoms with Crippen molar-refractivity contribution >= 4 is 51.8 Å². The van der Waals surface area contributed by atoms with Gasteiger partial charge in [0.25, 0.3) is 5.91 Å². The van der Waals surface area contributed by atoms with Crippen molar-refractivity contribution in [2.75, 3.05) is 18.1 Å². The lowest BCUT2D eigenvalue weighted by Gasteiger charge is -2.27. The van der Waals surface area contributed by atoms with Gasteiger partial charge in [-0.3, -0.25) is 15.2 Å². The van der Waals surface area contributed by atoms with Crippen molar-refractivity contribution in [3.05, 3.63) is 50.6 Å². The maximum atomic E-state index is 13.0. The minimum Gasteiger partial charge on any atom is -0.284 e. The smallest absolute Gasteiger partial charge is 0.282 e. The highest BCUT2D eigenvalue weighted by atomic mass is 35.5. The molecule has 0 bridgehead atoms. The Balaban J connectivity index is 1.65. The first-order chi connectivity index (χ1) is 13.5. The zero-order chi connectivity index (χ0) is 19.7. The molecule has 1 fully saturated rings. The second-order valence-electron chi connectivity index (χ2n) is 7.16. The number of hydrogen-bond donors (Lipinski definition) is 1. The van der Waals surface area contributed by atoms with E-state index in [0.717, 1.165) is 36.5 Å². The molecule has 148 valence electrons. The van der Waals surface area contributed by atoms with Crippen LogP contribution in [0.2, 0.25) is 10.0 Å². The number of benzene rings is 1. The average molecular weight is 437 g/mol. The van der Waals surface area contributed by atoms with E-state index in [0.29, 0.717) is 15.8 Å². The number of nitrogens with zero attached hydrogens (tertiary/aromatic N) is 3. The van der Waals surface area contributed by atoms with Gasteiger partial charge in [0, 0.05) is 28.9 Å². The standard InChI is InChI=1S/C20H22Cl2N4OS/c1-13-18(20(27)24-25-9-3-2-4-10-25)23-26(19(13)17-6-5-11-28-17)16-8-7-14(21)12-15(16)22/h5-8,11-13,19H,2-4,9-10H2,1H3,(H,24,27)/t13-,19-/m1/s1.